The van der Waals surface area contributed by atoms with Crippen LogP contribution in [0.2, 0.25) is 0 Å². The van der Waals surface area contributed by atoms with Crippen LogP contribution in [0.4, 0.5) is 5.69 Å². The largest absolute Gasteiger partial charge is 0.479 e. The number of carbonyl (C=O) groups is 1. The molecule has 106 valence electrons. The van der Waals surface area contributed by atoms with E-state index in [4.69, 9.17) is 0 Å². The molecule has 1 atom stereocenters. The summed E-state index contributed by atoms with van der Waals surface area (Å²) >= 11 is 3.41. The standard InChI is InChI=1S/C14H16BrN3O2/c1-3-11-9(8-18(2)17-11)13(14(19)20)16-12-7-5-4-6-10(12)15/h4-8,13,16H,3H2,1-2H3,(H,19,20). The van der Waals surface area contributed by atoms with Gasteiger partial charge >= 0.3 is 5.97 Å². The van der Waals surface area contributed by atoms with E-state index in [-0.39, 0.29) is 0 Å². The quantitative estimate of drug-likeness (QED) is 0.880. The number of benzene rings is 1. The number of carboxylic acid groups (broad SMARTS) is 1. The van der Waals surface area contributed by atoms with Gasteiger partial charge in [-0.15, -0.1) is 0 Å². The molecule has 0 aliphatic rings. The van der Waals surface area contributed by atoms with E-state index < -0.39 is 12.0 Å². The lowest BCUT2D eigenvalue weighted by atomic mass is 10.1. The van der Waals surface area contributed by atoms with Crippen molar-refractivity contribution in [3.05, 3.63) is 46.2 Å². The molecule has 0 fully saturated rings. The summed E-state index contributed by atoms with van der Waals surface area (Å²) in [6.45, 7) is 1.96. The summed E-state index contributed by atoms with van der Waals surface area (Å²) in [6, 6.07) is 6.62. The molecular weight excluding hydrogens is 322 g/mol. The average Bonchev–Trinajstić information content (AvgIpc) is 2.78. The third kappa shape index (κ3) is 3.01. The molecule has 0 aliphatic heterocycles. The SMILES string of the molecule is CCc1nn(C)cc1C(Nc1ccccc1Br)C(=O)O. The van der Waals surface area contributed by atoms with E-state index in [1.54, 1.807) is 17.9 Å². The zero-order chi connectivity index (χ0) is 14.7. The number of nitrogens with one attached hydrogen (secondary N) is 1. The fraction of sp³-hybridized carbons (Fsp3) is 0.286. The van der Waals surface area contributed by atoms with Crippen molar-refractivity contribution in [2.24, 2.45) is 7.05 Å². The molecule has 2 N–H and O–H groups in total. The van der Waals surface area contributed by atoms with Gasteiger partial charge in [-0.05, 0) is 34.5 Å². The van der Waals surface area contributed by atoms with Gasteiger partial charge in [0.25, 0.3) is 0 Å². The van der Waals surface area contributed by atoms with E-state index in [2.05, 4.69) is 26.3 Å². The predicted octanol–water partition coefficient (Wildman–Crippen LogP) is 2.98. The molecule has 0 radical (unpaired) electrons. The minimum absolute atomic E-state index is 0.692. The van der Waals surface area contributed by atoms with Crippen molar-refractivity contribution >= 4 is 27.6 Å². The first-order valence-corrected chi connectivity index (χ1v) is 7.08. The van der Waals surface area contributed by atoms with Crippen LogP contribution < -0.4 is 5.32 Å². The molecule has 20 heavy (non-hydrogen) atoms. The van der Waals surface area contributed by atoms with Crippen molar-refractivity contribution in [3.8, 4) is 0 Å². The number of hydrogen-bond acceptors (Lipinski definition) is 3. The predicted molar refractivity (Wildman–Crippen MR) is 80.7 cm³/mol. The zero-order valence-corrected chi connectivity index (χ0v) is 12.9. The van der Waals surface area contributed by atoms with E-state index in [1.165, 1.54) is 0 Å². The average molecular weight is 338 g/mol. The molecule has 2 aromatic rings. The highest BCUT2D eigenvalue weighted by Gasteiger charge is 2.25. The lowest BCUT2D eigenvalue weighted by Gasteiger charge is -2.16. The van der Waals surface area contributed by atoms with E-state index >= 15 is 0 Å². The number of para-hydroxylation sites is 1. The van der Waals surface area contributed by atoms with Crippen molar-refractivity contribution < 1.29 is 9.90 Å². The smallest absolute Gasteiger partial charge is 0.330 e. The first-order valence-electron chi connectivity index (χ1n) is 6.29. The molecule has 0 saturated carbocycles. The van der Waals surface area contributed by atoms with Crippen molar-refractivity contribution in [1.82, 2.24) is 9.78 Å². The Bertz CT molecular complexity index is 625. The van der Waals surface area contributed by atoms with E-state index in [9.17, 15) is 9.90 Å². The molecule has 1 unspecified atom stereocenters. The van der Waals surface area contributed by atoms with Crippen molar-refractivity contribution in [1.29, 1.82) is 0 Å². The summed E-state index contributed by atoms with van der Waals surface area (Å²) in [5.41, 5.74) is 2.23. The Morgan fingerprint density at radius 1 is 1.50 bits per heavy atom. The molecule has 0 amide bonds. The van der Waals surface area contributed by atoms with Gasteiger partial charge in [-0.2, -0.15) is 5.10 Å². The number of halogens is 1. The van der Waals surface area contributed by atoms with Crippen LogP contribution in [0, 0.1) is 0 Å². The van der Waals surface area contributed by atoms with Gasteiger partial charge in [-0.25, -0.2) is 4.79 Å². The normalized spacial score (nSPS) is 12.2. The minimum Gasteiger partial charge on any atom is -0.479 e. The zero-order valence-electron chi connectivity index (χ0n) is 11.3. The summed E-state index contributed by atoms with van der Waals surface area (Å²) in [5, 5.41) is 16.8. The van der Waals surface area contributed by atoms with Gasteiger partial charge in [0.05, 0.1) is 5.69 Å². The van der Waals surface area contributed by atoms with Crippen molar-refractivity contribution in [2.45, 2.75) is 19.4 Å². The number of anilines is 1. The maximum absolute atomic E-state index is 11.6. The topological polar surface area (TPSA) is 67.2 Å². The van der Waals surface area contributed by atoms with Crippen molar-refractivity contribution in [3.63, 3.8) is 0 Å². The Hall–Kier alpha value is -1.82. The number of carboxylic acids is 1. The molecule has 0 spiro atoms. The van der Waals surface area contributed by atoms with Crippen molar-refractivity contribution in [2.75, 3.05) is 5.32 Å². The molecule has 2 rings (SSSR count). The number of hydrogen-bond donors (Lipinski definition) is 2. The van der Waals surface area contributed by atoms with Crippen LogP contribution >= 0.6 is 15.9 Å². The number of aromatic nitrogens is 2. The summed E-state index contributed by atoms with van der Waals surface area (Å²) in [5.74, 6) is -0.927. The second-order valence-corrected chi connectivity index (χ2v) is 5.31. The number of aryl methyl sites for hydroxylation is 2. The first-order chi connectivity index (χ1) is 9.52. The molecule has 0 saturated heterocycles. The van der Waals surface area contributed by atoms with Crippen LogP contribution in [-0.2, 0) is 18.3 Å². The van der Waals surface area contributed by atoms with Crippen LogP contribution in [-0.4, -0.2) is 20.9 Å². The third-order valence-electron chi connectivity index (χ3n) is 3.00. The third-order valence-corrected chi connectivity index (χ3v) is 3.70. The number of nitrogens with zero attached hydrogens (tertiary/aromatic N) is 2. The minimum atomic E-state index is -0.927. The van der Waals surface area contributed by atoms with E-state index in [0.717, 1.165) is 15.9 Å². The van der Waals surface area contributed by atoms with Gasteiger partial charge < -0.3 is 10.4 Å². The second kappa shape index (κ2) is 6.09. The van der Waals surface area contributed by atoms with Crippen LogP contribution in [0.15, 0.2) is 34.9 Å². The molecular formula is C14H16BrN3O2. The Morgan fingerprint density at radius 2 is 2.20 bits per heavy atom. The Balaban J connectivity index is 2.37. The van der Waals surface area contributed by atoms with Crippen LogP contribution in [0.25, 0.3) is 0 Å². The summed E-state index contributed by atoms with van der Waals surface area (Å²) in [7, 11) is 1.79. The highest BCUT2D eigenvalue weighted by atomic mass is 79.9. The maximum atomic E-state index is 11.6. The molecule has 1 heterocycles. The fourth-order valence-corrected chi connectivity index (χ4v) is 2.47. The van der Waals surface area contributed by atoms with Crippen LogP contribution in [0.1, 0.15) is 24.2 Å². The summed E-state index contributed by atoms with van der Waals surface area (Å²) in [6.07, 6.45) is 2.44. The van der Waals surface area contributed by atoms with Gasteiger partial charge in [-0.1, -0.05) is 19.1 Å². The summed E-state index contributed by atoms with van der Waals surface area (Å²) in [4.78, 5) is 11.6. The molecule has 0 bridgehead atoms. The second-order valence-electron chi connectivity index (χ2n) is 4.45. The lowest BCUT2D eigenvalue weighted by molar-refractivity contribution is -0.138. The molecule has 5 nitrogen and oxygen atoms in total. The highest BCUT2D eigenvalue weighted by Crippen LogP contribution is 2.28. The monoisotopic (exact) mass is 337 g/mol. The van der Waals surface area contributed by atoms with E-state index in [1.807, 2.05) is 31.2 Å². The Kier molecular flexibility index (Phi) is 4.44. The van der Waals surface area contributed by atoms with Gasteiger partial charge in [0.2, 0.25) is 0 Å². The van der Waals surface area contributed by atoms with Crippen LogP contribution in [0.5, 0.6) is 0 Å². The van der Waals surface area contributed by atoms with Gasteiger partial charge in [0.1, 0.15) is 0 Å². The van der Waals surface area contributed by atoms with Gasteiger partial charge in [0, 0.05) is 29.0 Å². The van der Waals surface area contributed by atoms with Crippen LogP contribution in [0.3, 0.4) is 0 Å². The van der Waals surface area contributed by atoms with Gasteiger partial charge in [0.15, 0.2) is 6.04 Å². The molecule has 1 aromatic heterocycles. The number of aliphatic carboxylic acids is 1. The fourth-order valence-electron chi connectivity index (χ4n) is 2.08. The summed E-state index contributed by atoms with van der Waals surface area (Å²) < 4.78 is 2.47. The molecule has 0 aliphatic carbocycles. The Labute approximate surface area is 125 Å². The van der Waals surface area contributed by atoms with E-state index in [0.29, 0.717) is 12.0 Å². The molecule has 6 heteroatoms. The molecule has 1 aromatic carbocycles. The lowest BCUT2D eigenvalue weighted by Crippen LogP contribution is -2.21. The number of rotatable bonds is 5. The first kappa shape index (κ1) is 14.6. The Morgan fingerprint density at radius 3 is 2.80 bits per heavy atom. The maximum Gasteiger partial charge on any atom is 0.330 e. The van der Waals surface area contributed by atoms with Gasteiger partial charge in [-0.3, -0.25) is 4.68 Å². The highest BCUT2D eigenvalue weighted by molar-refractivity contribution is 9.10.